The minimum Gasteiger partial charge on any atom is -0.457 e. The van der Waals surface area contributed by atoms with Gasteiger partial charge in [-0.25, -0.2) is 4.39 Å². The fraction of sp³-hybridized carbons (Fsp3) is 0.200. The molecule has 0 aliphatic rings. The zero-order chi connectivity index (χ0) is 13.8. The lowest BCUT2D eigenvalue weighted by molar-refractivity contribution is 0.476. The Morgan fingerprint density at radius 3 is 2.32 bits per heavy atom. The number of halogens is 2. The molecular formula is C15H15ClFNO. The van der Waals surface area contributed by atoms with Crippen molar-refractivity contribution in [1.82, 2.24) is 5.32 Å². The van der Waals surface area contributed by atoms with E-state index in [2.05, 4.69) is 12.2 Å². The Hall–Kier alpha value is -1.58. The second kappa shape index (κ2) is 6.04. The molecular weight excluding hydrogens is 265 g/mol. The molecule has 2 nitrogen and oxygen atoms in total. The van der Waals surface area contributed by atoms with Crippen molar-refractivity contribution in [3.05, 3.63) is 58.9 Å². The summed E-state index contributed by atoms with van der Waals surface area (Å²) in [5.74, 6) is 0.602. The SMILES string of the molecule is CNC(C)c1ccc(Oc2ccc(Cl)c(F)c2)cc1. The second-order valence-electron chi connectivity index (χ2n) is 4.26. The van der Waals surface area contributed by atoms with E-state index in [0.717, 1.165) is 5.56 Å². The average molecular weight is 280 g/mol. The second-order valence-corrected chi connectivity index (χ2v) is 4.66. The highest BCUT2D eigenvalue weighted by molar-refractivity contribution is 6.30. The van der Waals surface area contributed by atoms with Crippen LogP contribution in [0.5, 0.6) is 11.5 Å². The quantitative estimate of drug-likeness (QED) is 0.886. The summed E-state index contributed by atoms with van der Waals surface area (Å²) in [6.45, 7) is 2.07. The van der Waals surface area contributed by atoms with Crippen molar-refractivity contribution < 1.29 is 9.13 Å². The van der Waals surface area contributed by atoms with Crippen LogP contribution in [0.3, 0.4) is 0 Å². The predicted molar refractivity (Wildman–Crippen MR) is 75.4 cm³/mol. The number of rotatable bonds is 4. The van der Waals surface area contributed by atoms with E-state index in [9.17, 15) is 4.39 Å². The number of benzene rings is 2. The summed E-state index contributed by atoms with van der Waals surface area (Å²) in [6.07, 6.45) is 0. The molecule has 2 aromatic rings. The molecule has 0 fully saturated rings. The molecule has 1 unspecified atom stereocenters. The molecule has 0 heterocycles. The largest absolute Gasteiger partial charge is 0.457 e. The summed E-state index contributed by atoms with van der Waals surface area (Å²) < 4.78 is 18.8. The van der Waals surface area contributed by atoms with Gasteiger partial charge in [0.2, 0.25) is 0 Å². The first kappa shape index (κ1) is 13.8. The molecule has 0 aliphatic heterocycles. The van der Waals surface area contributed by atoms with Gasteiger partial charge >= 0.3 is 0 Å². The summed E-state index contributed by atoms with van der Waals surface area (Å²) in [4.78, 5) is 0. The first-order valence-electron chi connectivity index (χ1n) is 6.00. The van der Waals surface area contributed by atoms with E-state index < -0.39 is 5.82 Å². The summed E-state index contributed by atoms with van der Waals surface area (Å²) in [5, 5.41) is 3.25. The van der Waals surface area contributed by atoms with Crippen LogP contribution in [-0.2, 0) is 0 Å². The third-order valence-corrected chi connectivity index (χ3v) is 3.25. The fourth-order valence-corrected chi connectivity index (χ4v) is 1.79. The van der Waals surface area contributed by atoms with E-state index in [-0.39, 0.29) is 11.1 Å². The molecule has 0 spiro atoms. The Labute approximate surface area is 117 Å². The van der Waals surface area contributed by atoms with Gasteiger partial charge in [-0.2, -0.15) is 0 Å². The highest BCUT2D eigenvalue weighted by Crippen LogP contribution is 2.26. The Bertz CT molecular complexity index is 557. The van der Waals surface area contributed by atoms with Crippen LogP contribution >= 0.6 is 11.6 Å². The molecule has 0 aromatic heterocycles. The van der Waals surface area contributed by atoms with Gasteiger partial charge in [-0.15, -0.1) is 0 Å². The lowest BCUT2D eigenvalue weighted by Gasteiger charge is -2.11. The van der Waals surface area contributed by atoms with Crippen LogP contribution in [0.25, 0.3) is 0 Å². The summed E-state index contributed by atoms with van der Waals surface area (Å²) in [7, 11) is 1.91. The standard InChI is InChI=1S/C15H15ClFNO/c1-10(18-2)11-3-5-12(6-4-11)19-13-7-8-14(16)15(17)9-13/h3-10,18H,1-2H3. The molecule has 0 saturated carbocycles. The summed E-state index contributed by atoms with van der Waals surface area (Å²) in [6, 6.07) is 12.3. The van der Waals surface area contributed by atoms with Gasteiger partial charge < -0.3 is 10.1 Å². The highest BCUT2D eigenvalue weighted by Gasteiger charge is 2.05. The minimum absolute atomic E-state index is 0.0885. The highest BCUT2D eigenvalue weighted by atomic mass is 35.5. The first-order chi connectivity index (χ1) is 9.10. The number of ether oxygens (including phenoxy) is 1. The Kier molecular flexibility index (Phi) is 4.40. The molecule has 1 N–H and O–H groups in total. The van der Waals surface area contributed by atoms with Gasteiger partial charge in [0.1, 0.15) is 17.3 Å². The van der Waals surface area contributed by atoms with Gasteiger partial charge in [-0.3, -0.25) is 0 Å². The third kappa shape index (κ3) is 3.46. The fourth-order valence-electron chi connectivity index (χ4n) is 1.67. The van der Waals surface area contributed by atoms with E-state index in [1.807, 2.05) is 31.3 Å². The molecule has 0 aliphatic carbocycles. The molecule has 100 valence electrons. The molecule has 19 heavy (non-hydrogen) atoms. The van der Waals surface area contributed by atoms with Crippen molar-refractivity contribution >= 4 is 11.6 Å². The molecule has 0 bridgehead atoms. The zero-order valence-electron chi connectivity index (χ0n) is 10.8. The molecule has 2 rings (SSSR count). The maximum absolute atomic E-state index is 13.3. The van der Waals surface area contributed by atoms with Crippen molar-refractivity contribution in [2.75, 3.05) is 7.05 Å². The van der Waals surface area contributed by atoms with E-state index in [1.54, 1.807) is 6.07 Å². The lowest BCUT2D eigenvalue weighted by atomic mass is 10.1. The first-order valence-corrected chi connectivity index (χ1v) is 6.38. The van der Waals surface area contributed by atoms with Gasteiger partial charge in [-0.05, 0) is 43.8 Å². The van der Waals surface area contributed by atoms with Gasteiger partial charge in [-0.1, -0.05) is 23.7 Å². The number of nitrogens with one attached hydrogen (secondary N) is 1. The molecule has 2 aromatic carbocycles. The van der Waals surface area contributed by atoms with Crippen molar-refractivity contribution in [3.63, 3.8) is 0 Å². The smallest absolute Gasteiger partial charge is 0.145 e. The van der Waals surface area contributed by atoms with Gasteiger partial charge in [0.15, 0.2) is 0 Å². The van der Waals surface area contributed by atoms with Crippen molar-refractivity contribution in [2.24, 2.45) is 0 Å². The van der Waals surface area contributed by atoms with Gasteiger partial charge in [0, 0.05) is 12.1 Å². The number of hydrogen-bond donors (Lipinski definition) is 1. The Morgan fingerprint density at radius 1 is 1.11 bits per heavy atom. The van der Waals surface area contributed by atoms with Crippen molar-refractivity contribution in [1.29, 1.82) is 0 Å². The van der Waals surface area contributed by atoms with Gasteiger partial charge in [0.05, 0.1) is 5.02 Å². The third-order valence-electron chi connectivity index (χ3n) is 2.94. The van der Waals surface area contributed by atoms with Crippen molar-refractivity contribution in [2.45, 2.75) is 13.0 Å². The Balaban J connectivity index is 2.12. The number of hydrogen-bond acceptors (Lipinski definition) is 2. The maximum atomic E-state index is 13.3. The maximum Gasteiger partial charge on any atom is 0.145 e. The van der Waals surface area contributed by atoms with E-state index in [1.165, 1.54) is 12.1 Å². The van der Waals surface area contributed by atoms with Crippen molar-refractivity contribution in [3.8, 4) is 11.5 Å². The van der Waals surface area contributed by atoms with Gasteiger partial charge in [0.25, 0.3) is 0 Å². The van der Waals surface area contributed by atoms with E-state index in [4.69, 9.17) is 16.3 Å². The topological polar surface area (TPSA) is 21.3 Å². The predicted octanol–water partition coefficient (Wildman–Crippen LogP) is 4.55. The van der Waals surface area contributed by atoms with Crippen LogP contribution in [0.4, 0.5) is 4.39 Å². The minimum atomic E-state index is -0.486. The lowest BCUT2D eigenvalue weighted by Crippen LogP contribution is -2.11. The van der Waals surface area contributed by atoms with E-state index >= 15 is 0 Å². The zero-order valence-corrected chi connectivity index (χ0v) is 11.5. The molecule has 1 atom stereocenters. The average Bonchev–Trinajstić information content (AvgIpc) is 2.43. The molecule has 0 amide bonds. The van der Waals surface area contributed by atoms with Crippen LogP contribution in [-0.4, -0.2) is 7.05 Å². The Morgan fingerprint density at radius 2 is 1.74 bits per heavy atom. The summed E-state index contributed by atoms with van der Waals surface area (Å²) in [5.41, 5.74) is 1.16. The van der Waals surface area contributed by atoms with Crippen LogP contribution in [0.2, 0.25) is 5.02 Å². The monoisotopic (exact) mass is 279 g/mol. The van der Waals surface area contributed by atoms with E-state index in [0.29, 0.717) is 11.5 Å². The molecule has 0 radical (unpaired) electrons. The van der Waals surface area contributed by atoms with Crippen LogP contribution in [0.15, 0.2) is 42.5 Å². The summed E-state index contributed by atoms with van der Waals surface area (Å²) >= 11 is 5.62. The van der Waals surface area contributed by atoms with Crippen LogP contribution < -0.4 is 10.1 Å². The molecule has 4 heteroatoms. The van der Waals surface area contributed by atoms with Crippen LogP contribution in [0, 0.1) is 5.82 Å². The normalized spacial score (nSPS) is 12.2. The van der Waals surface area contributed by atoms with Crippen LogP contribution in [0.1, 0.15) is 18.5 Å². The molecule has 0 saturated heterocycles.